The molecule has 2 aromatic carbocycles. The van der Waals surface area contributed by atoms with Gasteiger partial charge in [0.15, 0.2) is 23.0 Å². The van der Waals surface area contributed by atoms with Crippen molar-refractivity contribution in [3.05, 3.63) is 52.9 Å². The van der Waals surface area contributed by atoms with Crippen LogP contribution in [-0.2, 0) is 9.59 Å². The van der Waals surface area contributed by atoms with Crippen molar-refractivity contribution in [3.8, 4) is 23.0 Å². The summed E-state index contributed by atoms with van der Waals surface area (Å²) in [6, 6.07) is 12.4. The third-order valence-electron chi connectivity index (χ3n) is 4.89. The Balaban J connectivity index is 1.48. The number of imide groups is 1. The molecule has 0 spiro atoms. The van der Waals surface area contributed by atoms with Crippen LogP contribution in [-0.4, -0.2) is 63.0 Å². The van der Waals surface area contributed by atoms with Crippen molar-refractivity contribution in [1.29, 1.82) is 0 Å². The van der Waals surface area contributed by atoms with Gasteiger partial charge in [-0.15, -0.1) is 0 Å². The van der Waals surface area contributed by atoms with Gasteiger partial charge in [0.25, 0.3) is 11.1 Å². The Morgan fingerprint density at radius 3 is 2.35 bits per heavy atom. The monoisotopic (exact) mass is 486 g/mol. The molecule has 10 heteroatoms. The molecule has 2 aromatic rings. The molecule has 0 aromatic heterocycles. The second-order valence-electron chi connectivity index (χ2n) is 7.05. The topological polar surface area (TPSA) is 103 Å². The van der Waals surface area contributed by atoms with Crippen LogP contribution in [0.5, 0.6) is 23.0 Å². The summed E-state index contributed by atoms with van der Waals surface area (Å²) in [5.74, 6) is 1.58. The van der Waals surface area contributed by atoms with Crippen LogP contribution in [0.1, 0.15) is 12.0 Å². The van der Waals surface area contributed by atoms with Gasteiger partial charge in [0.2, 0.25) is 5.91 Å². The minimum Gasteiger partial charge on any atom is -0.493 e. The molecule has 1 heterocycles. The van der Waals surface area contributed by atoms with Crippen LogP contribution < -0.4 is 24.3 Å². The molecule has 3 rings (SSSR count). The van der Waals surface area contributed by atoms with Gasteiger partial charge in [-0.3, -0.25) is 19.3 Å². The van der Waals surface area contributed by atoms with Crippen LogP contribution in [0.15, 0.2) is 47.4 Å². The molecule has 0 radical (unpaired) electrons. The fourth-order valence-corrected chi connectivity index (χ4v) is 4.04. The number of hydrogen-bond acceptors (Lipinski definition) is 8. The molecular weight excluding hydrogens is 460 g/mol. The minimum atomic E-state index is -0.404. The maximum absolute atomic E-state index is 12.7. The largest absolute Gasteiger partial charge is 0.493 e. The maximum Gasteiger partial charge on any atom is 0.293 e. The number of nitrogens with zero attached hydrogens (tertiary/aromatic N) is 1. The molecule has 0 unspecified atom stereocenters. The maximum atomic E-state index is 12.7. The van der Waals surface area contributed by atoms with Crippen molar-refractivity contribution in [2.24, 2.45) is 0 Å². The van der Waals surface area contributed by atoms with Gasteiger partial charge in [0.1, 0.15) is 0 Å². The predicted octanol–water partition coefficient (Wildman–Crippen LogP) is 3.33. The molecule has 34 heavy (non-hydrogen) atoms. The van der Waals surface area contributed by atoms with E-state index in [1.807, 2.05) is 12.1 Å². The van der Waals surface area contributed by atoms with Gasteiger partial charge in [-0.2, -0.15) is 0 Å². The van der Waals surface area contributed by atoms with E-state index in [4.69, 9.17) is 18.9 Å². The Kier molecular flexibility index (Phi) is 8.80. The van der Waals surface area contributed by atoms with Gasteiger partial charge in [-0.25, -0.2) is 0 Å². The van der Waals surface area contributed by atoms with Gasteiger partial charge in [0.05, 0.1) is 39.3 Å². The molecule has 1 fully saturated rings. The van der Waals surface area contributed by atoms with Crippen molar-refractivity contribution in [1.82, 2.24) is 10.2 Å². The number of carbonyl (C=O) groups is 3. The molecular formula is C24H26N2O7S. The van der Waals surface area contributed by atoms with Crippen molar-refractivity contribution in [2.75, 3.05) is 41.0 Å². The fourth-order valence-electron chi connectivity index (χ4n) is 3.17. The summed E-state index contributed by atoms with van der Waals surface area (Å²) in [5, 5.41) is 2.32. The average molecular weight is 487 g/mol. The first-order valence-corrected chi connectivity index (χ1v) is 11.3. The predicted molar refractivity (Wildman–Crippen MR) is 128 cm³/mol. The SMILES string of the molecule is COc1ccc(/C=C2/SC(=O)N(CCNC(=O)CCOc3ccccc3OC)C2=O)cc1OC. The Morgan fingerprint density at radius 1 is 0.971 bits per heavy atom. The van der Waals surface area contributed by atoms with Gasteiger partial charge >= 0.3 is 0 Å². The molecule has 3 amide bonds. The lowest BCUT2D eigenvalue weighted by Crippen LogP contribution is -2.37. The van der Waals surface area contributed by atoms with E-state index in [1.54, 1.807) is 43.5 Å². The lowest BCUT2D eigenvalue weighted by molar-refractivity contribution is -0.124. The zero-order valence-corrected chi connectivity index (χ0v) is 20.0. The zero-order chi connectivity index (χ0) is 24.5. The number of benzene rings is 2. The van der Waals surface area contributed by atoms with Crippen molar-refractivity contribution >= 4 is 34.9 Å². The van der Waals surface area contributed by atoms with Crippen LogP contribution in [0.2, 0.25) is 0 Å². The highest BCUT2D eigenvalue weighted by Crippen LogP contribution is 2.34. The van der Waals surface area contributed by atoms with E-state index in [9.17, 15) is 14.4 Å². The van der Waals surface area contributed by atoms with Gasteiger partial charge in [-0.1, -0.05) is 18.2 Å². The summed E-state index contributed by atoms with van der Waals surface area (Å²) in [4.78, 5) is 38.5. The zero-order valence-electron chi connectivity index (χ0n) is 19.2. The molecule has 1 aliphatic rings. The first kappa shape index (κ1) is 25.0. The van der Waals surface area contributed by atoms with E-state index in [-0.39, 0.29) is 37.3 Å². The van der Waals surface area contributed by atoms with Crippen LogP contribution in [0.25, 0.3) is 6.08 Å². The van der Waals surface area contributed by atoms with Crippen LogP contribution >= 0.6 is 11.8 Å². The number of rotatable bonds is 11. The third kappa shape index (κ3) is 6.22. The molecule has 0 aliphatic carbocycles. The first-order valence-electron chi connectivity index (χ1n) is 10.5. The highest BCUT2D eigenvalue weighted by atomic mass is 32.2. The number of para-hydroxylation sites is 2. The Labute approximate surface area is 202 Å². The highest BCUT2D eigenvalue weighted by Gasteiger charge is 2.34. The van der Waals surface area contributed by atoms with Gasteiger partial charge < -0.3 is 24.3 Å². The molecule has 0 bridgehead atoms. The Morgan fingerprint density at radius 2 is 1.65 bits per heavy atom. The van der Waals surface area contributed by atoms with Gasteiger partial charge in [0, 0.05) is 13.1 Å². The summed E-state index contributed by atoms with van der Waals surface area (Å²) in [7, 11) is 4.60. The Hall–Kier alpha value is -3.66. The van der Waals surface area contributed by atoms with Crippen LogP contribution in [0.3, 0.4) is 0 Å². The van der Waals surface area contributed by atoms with Crippen molar-refractivity contribution < 1.29 is 33.3 Å². The number of nitrogens with one attached hydrogen (secondary N) is 1. The third-order valence-corrected chi connectivity index (χ3v) is 5.80. The van der Waals surface area contributed by atoms with E-state index in [1.165, 1.54) is 14.2 Å². The molecule has 1 aliphatic heterocycles. The molecule has 180 valence electrons. The minimum absolute atomic E-state index is 0.0764. The smallest absolute Gasteiger partial charge is 0.293 e. The van der Waals surface area contributed by atoms with E-state index in [2.05, 4.69) is 5.32 Å². The molecule has 1 N–H and O–H groups in total. The second-order valence-corrected chi connectivity index (χ2v) is 8.04. The summed E-state index contributed by atoms with van der Waals surface area (Å²) in [6.45, 7) is 0.393. The number of ether oxygens (including phenoxy) is 4. The van der Waals surface area contributed by atoms with E-state index in [0.29, 0.717) is 33.5 Å². The first-order chi connectivity index (χ1) is 16.5. The summed E-state index contributed by atoms with van der Waals surface area (Å²) in [6.07, 6.45) is 1.75. The number of methoxy groups -OCH3 is 3. The van der Waals surface area contributed by atoms with Crippen molar-refractivity contribution in [3.63, 3.8) is 0 Å². The number of amides is 3. The second kappa shape index (κ2) is 12.0. The molecule has 9 nitrogen and oxygen atoms in total. The summed E-state index contributed by atoms with van der Waals surface area (Å²) < 4.78 is 21.3. The number of hydrogen-bond donors (Lipinski definition) is 1. The number of carbonyl (C=O) groups excluding carboxylic acids is 3. The lowest BCUT2D eigenvalue weighted by atomic mass is 10.2. The summed E-state index contributed by atoms with van der Waals surface area (Å²) >= 11 is 0.856. The lowest BCUT2D eigenvalue weighted by Gasteiger charge is -2.13. The van der Waals surface area contributed by atoms with Gasteiger partial charge in [-0.05, 0) is 47.7 Å². The Bertz CT molecular complexity index is 1090. The quantitative estimate of drug-likeness (QED) is 0.483. The molecule has 0 atom stereocenters. The highest BCUT2D eigenvalue weighted by molar-refractivity contribution is 8.18. The normalized spacial score (nSPS) is 14.3. The van der Waals surface area contributed by atoms with Crippen LogP contribution in [0, 0.1) is 0 Å². The fraction of sp³-hybridized carbons (Fsp3) is 0.292. The van der Waals surface area contributed by atoms with E-state index < -0.39 is 5.91 Å². The standard InChI is InChI=1S/C24H26N2O7S/c1-30-17-6-4-5-7-19(17)33-13-10-22(27)25-11-12-26-23(28)21(34-24(26)29)15-16-8-9-18(31-2)20(14-16)32-3/h4-9,14-15H,10-13H2,1-3H3,(H,25,27)/b21-15+. The van der Waals surface area contributed by atoms with E-state index in [0.717, 1.165) is 16.7 Å². The molecule has 0 saturated carbocycles. The molecule has 1 saturated heterocycles. The summed E-state index contributed by atoms with van der Waals surface area (Å²) in [5.41, 5.74) is 0.700. The number of thioether (sulfide) groups is 1. The average Bonchev–Trinajstić information content (AvgIpc) is 3.11. The van der Waals surface area contributed by atoms with Crippen LogP contribution in [0.4, 0.5) is 4.79 Å². The van der Waals surface area contributed by atoms with Crippen molar-refractivity contribution in [2.45, 2.75) is 6.42 Å². The van der Waals surface area contributed by atoms with E-state index >= 15 is 0 Å².